The minimum atomic E-state index is -0.180. The van der Waals surface area contributed by atoms with Gasteiger partial charge in [0.15, 0.2) is 5.69 Å². The number of rotatable bonds is 7. The van der Waals surface area contributed by atoms with Crippen molar-refractivity contribution in [1.29, 1.82) is 0 Å². The summed E-state index contributed by atoms with van der Waals surface area (Å²) in [4.78, 5) is 19.8. The van der Waals surface area contributed by atoms with E-state index >= 15 is 0 Å². The molecule has 3 rings (SSSR count). The molecule has 2 N–H and O–H groups in total. The van der Waals surface area contributed by atoms with Crippen LogP contribution in [0.25, 0.3) is 0 Å². The Labute approximate surface area is 145 Å². The van der Waals surface area contributed by atoms with Crippen molar-refractivity contribution in [3.8, 4) is 0 Å². The van der Waals surface area contributed by atoms with Gasteiger partial charge in [-0.3, -0.25) is 19.4 Å². The van der Waals surface area contributed by atoms with Crippen molar-refractivity contribution in [1.82, 2.24) is 35.5 Å². The number of piperazine rings is 1. The molecule has 0 radical (unpaired) electrons. The van der Waals surface area contributed by atoms with Gasteiger partial charge in [0.1, 0.15) is 0 Å². The molecular formula is C15H23N7OS. The van der Waals surface area contributed by atoms with Crippen molar-refractivity contribution in [3.05, 3.63) is 28.5 Å². The van der Waals surface area contributed by atoms with Crippen LogP contribution in [-0.4, -0.2) is 69.6 Å². The first kappa shape index (κ1) is 17.0. The number of hydrogen-bond acceptors (Lipinski definition) is 7. The van der Waals surface area contributed by atoms with E-state index in [1.807, 2.05) is 13.1 Å². The van der Waals surface area contributed by atoms with Gasteiger partial charge in [-0.1, -0.05) is 5.21 Å². The zero-order valence-corrected chi connectivity index (χ0v) is 14.6. The zero-order chi connectivity index (χ0) is 16.8. The van der Waals surface area contributed by atoms with Crippen molar-refractivity contribution in [3.63, 3.8) is 0 Å². The maximum atomic E-state index is 12.2. The number of aromatic nitrogens is 4. The van der Waals surface area contributed by atoms with Crippen molar-refractivity contribution in [2.24, 2.45) is 0 Å². The third-order valence-corrected chi connectivity index (χ3v) is 4.80. The van der Waals surface area contributed by atoms with E-state index in [-0.39, 0.29) is 11.9 Å². The SMILES string of the molecule is C[C@@H](Cc1cncs1)NC(=O)c1cn(CCN2CCNCC2)nn1. The number of hydrogen-bond donors (Lipinski definition) is 2. The van der Waals surface area contributed by atoms with E-state index in [4.69, 9.17) is 0 Å². The summed E-state index contributed by atoms with van der Waals surface area (Å²) in [6.45, 7) is 7.82. The Balaban J connectivity index is 1.46. The Kier molecular flexibility index (Phi) is 5.89. The van der Waals surface area contributed by atoms with Gasteiger partial charge in [0, 0.05) is 56.3 Å². The molecule has 0 unspecified atom stereocenters. The Morgan fingerprint density at radius 3 is 3.00 bits per heavy atom. The second kappa shape index (κ2) is 8.32. The van der Waals surface area contributed by atoms with Gasteiger partial charge in [0.05, 0.1) is 18.3 Å². The highest BCUT2D eigenvalue weighted by Crippen LogP contribution is 2.08. The quantitative estimate of drug-likeness (QED) is 0.732. The summed E-state index contributed by atoms with van der Waals surface area (Å²) in [7, 11) is 0. The number of thiazole rings is 1. The van der Waals surface area contributed by atoms with Crippen LogP contribution in [0.3, 0.4) is 0 Å². The molecule has 1 fully saturated rings. The largest absolute Gasteiger partial charge is 0.348 e. The molecule has 8 nitrogen and oxygen atoms in total. The summed E-state index contributed by atoms with van der Waals surface area (Å²) in [5.74, 6) is -0.180. The normalized spacial score (nSPS) is 16.9. The lowest BCUT2D eigenvalue weighted by Crippen LogP contribution is -2.44. The van der Waals surface area contributed by atoms with Crippen LogP contribution in [0.1, 0.15) is 22.3 Å². The van der Waals surface area contributed by atoms with Crippen LogP contribution in [0, 0.1) is 0 Å². The van der Waals surface area contributed by atoms with E-state index in [0.717, 1.165) is 50.6 Å². The number of nitrogens with one attached hydrogen (secondary N) is 2. The fourth-order valence-corrected chi connectivity index (χ4v) is 3.41. The van der Waals surface area contributed by atoms with Crippen LogP contribution in [0.2, 0.25) is 0 Å². The highest BCUT2D eigenvalue weighted by Gasteiger charge is 2.15. The molecule has 0 aliphatic carbocycles. The summed E-state index contributed by atoms with van der Waals surface area (Å²) in [6.07, 6.45) is 4.32. The van der Waals surface area contributed by atoms with Crippen molar-refractivity contribution < 1.29 is 4.79 Å². The van der Waals surface area contributed by atoms with Gasteiger partial charge >= 0.3 is 0 Å². The van der Waals surface area contributed by atoms with E-state index in [0.29, 0.717) is 5.69 Å². The highest BCUT2D eigenvalue weighted by atomic mass is 32.1. The molecule has 0 spiro atoms. The van der Waals surface area contributed by atoms with E-state index in [1.54, 1.807) is 27.7 Å². The van der Waals surface area contributed by atoms with Crippen LogP contribution in [0.15, 0.2) is 17.9 Å². The maximum Gasteiger partial charge on any atom is 0.273 e. The van der Waals surface area contributed by atoms with E-state index in [2.05, 4.69) is 30.8 Å². The van der Waals surface area contributed by atoms with Gasteiger partial charge in [-0.25, -0.2) is 0 Å². The molecule has 130 valence electrons. The molecule has 3 heterocycles. The summed E-state index contributed by atoms with van der Waals surface area (Å²) >= 11 is 1.59. The molecule has 1 atom stereocenters. The fourth-order valence-electron chi connectivity index (χ4n) is 2.68. The predicted molar refractivity (Wildman–Crippen MR) is 92.1 cm³/mol. The van der Waals surface area contributed by atoms with Crippen LogP contribution >= 0.6 is 11.3 Å². The maximum absolute atomic E-state index is 12.2. The van der Waals surface area contributed by atoms with Gasteiger partial charge in [0.25, 0.3) is 5.91 Å². The lowest BCUT2D eigenvalue weighted by atomic mass is 10.2. The second-order valence-corrected chi connectivity index (χ2v) is 6.98. The first-order valence-electron chi connectivity index (χ1n) is 8.22. The molecule has 1 amide bonds. The average molecular weight is 349 g/mol. The Morgan fingerprint density at radius 1 is 1.42 bits per heavy atom. The standard InChI is InChI=1S/C15H23N7OS/c1-12(8-13-9-17-11-24-13)18-15(23)14-10-22(20-19-14)7-6-21-4-2-16-3-5-21/h9-12,16H,2-8H2,1H3,(H,18,23)/t12-/m0/s1. The molecule has 0 aromatic carbocycles. The fraction of sp³-hybridized carbons (Fsp3) is 0.600. The summed E-state index contributed by atoms with van der Waals surface area (Å²) in [5, 5.41) is 14.3. The molecule has 0 saturated carbocycles. The molecule has 2 aromatic heterocycles. The van der Waals surface area contributed by atoms with Crippen molar-refractivity contribution >= 4 is 17.2 Å². The topological polar surface area (TPSA) is 88.0 Å². The van der Waals surface area contributed by atoms with Gasteiger partial charge in [-0.05, 0) is 6.92 Å². The number of nitrogens with zero attached hydrogens (tertiary/aromatic N) is 5. The molecule has 1 aliphatic heterocycles. The predicted octanol–water partition coefficient (Wildman–Crippen LogP) is 0.000800. The van der Waals surface area contributed by atoms with Gasteiger partial charge in [0.2, 0.25) is 0 Å². The van der Waals surface area contributed by atoms with Gasteiger partial charge in [-0.2, -0.15) is 0 Å². The third kappa shape index (κ3) is 4.83. The summed E-state index contributed by atoms with van der Waals surface area (Å²) in [6, 6.07) is 0.0314. The van der Waals surface area contributed by atoms with Gasteiger partial charge in [-0.15, -0.1) is 16.4 Å². The molecule has 1 saturated heterocycles. The number of amides is 1. The minimum absolute atomic E-state index is 0.0314. The number of carbonyl (C=O) groups is 1. The first-order chi connectivity index (χ1) is 11.7. The second-order valence-electron chi connectivity index (χ2n) is 6.00. The summed E-state index contributed by atoms with van der Waals surface area (Å²) in [5.41, 5.74) is 2.17. The minimum Gasteiger partial charge on any atom is -0.348 e. The van der Waals surface area contributed by atoms with Crippen LogP contribution in [0.5, 0.6) is 0 Å². The monoisotopic (exact) mass is 349 g/mol. The van der Waals surface area contributed by atoms with Crippen LogP contribution < -0.4 is 10.6 Å². The molecule has 24 heavy (non-hydrogen) atoms. The smallest absolute Gasteiger partial charge is 0.273 e. The molecule has 2 aromatic rings. The first-order valence-corrected chi connectivity index (χ1v) is 9.10. The van der Waals surface area contributed by atoms with Crippen molar-refractivity contribution in [2.75, 3.05) is 32.7 Å². The molecule has 0 bridgehead atoms. The molecular weight excluding hydrogens is 326 g/mol. The lowest BCUT2D eigenvalue weighted by molar-refractivity contribution is 0.0935. The van der Waals surface area contributed by atoms with Crippen molar-refractivity contribution in [2.45, 2.75) is 25.9 Å². The van der Waals surface area contributed by atoms with E-state index in [1.165, 1.54) is 0 Å². The van der Waals surface area contributed by atoms with E-state index < -0.39 is 0 Å². The molecule has 1 aliphatic rings. The van der Waals surface area contributed by atoms with E-state index in [9.17, 15) is 4.79 Å². The third-order valence-electron chi connectivity index (χ3n) is 3.99. The lowest BCUT2D eigenvalue weighted by Gasteiger charge is -2.26. The zero-order valence-electron chi connectivity index (χ0n) is 13.8. The highest BCUT2D eigenvalue weighted by molar-refractivity contribution is 7.09. The van der Waals surface area contributed by atoms with Gasteiger partial charge < -0.3 is 10.6 Å². The Morgan fingerprint density at radius 2 is 2.25 bits per heavy atom. The molecule has 9 heteroatoms. The average Bonchev–Trinajstić information content (AvgIpc) is 3.25. The van der Waals surface area contributed by atoms with Crippen LogP contribution in [-0.2, 0) is 13.0 Å². The number of carbonyl (C=O) groups excluding carboxylic acids is 1. The van der Waals surface area contributed by atoms with Crippen LogP contribution in [0.4, 0.5) is 0 Å². The summed E-state index contributed by atoms with van der Waals surface area (Å²) < 4.78 is 1.74. The Hall–Kier alpha value is -1.84. The Bertz CT molecular complexity index is 636.